The maximum absolute atomic E-state index is 12.5. The molecule has 0 saturated carbocycles. The Balaban J connectivity index is 1.87. The number of unbranched alkanes of at least 4 members (excludes halogenated alkanes) is 2. The summed E-state index contributed by atoms with van der Waals surface area (Å²) in [6.45, 7) is 18.5. The Bertz CT molecular complexity index is 2100. The number of benzene rings is 2. The Kier molecular flexibility index (Phi) is 17.7. The fraction of sp³-hybridized carbons (Fsp3) is 0.591. The summed E-state index contributed by atoms with van der Waals surface area (Å²) in [6, 6.07) is 9.15. The van der Waals surface area contributed by atoms with Crippen molar-refractivity contribution in [1.29, 1.82) is 0 Å². The largest absolute Gasteiger partial charge is 0.744 e. The number of anilines is 1. The molecule has 0 fully saturated rings. The van der Waals surface area contributed by atoms with Crippen LogP contribution in [-0.2, 0) is 59.5 Å². The lowest BCUT2D eigenvalue weighted by Gasteiger charge is -2.31. The molecule has 1 unspecified atom stereocenters. The smallest absolute Gasteiger partial charge is 0.305 e. The van der Waals surface area contributed by atoms with Gasteiger partial charge in [-0.05, 0) is 110 Å². The number of hydrogen-bond acceptors (Lipinski definition) is 12. The lowest BCUT2D eigenvalue weighted by molar-refractivity contribution is -0.443. The van der Waals surface area contributed by atoms with E-state index in [-0.39, 0.29) is 15.8 Å². The molecule has 0 aliphatic carbocycles. The van der Waals surface area contributed by atoms with Crippen LogP contribution in [0.5, 0.6) is 0 Å². The number of nitrogens with zero attached hydrogens (tertiary/aromatic N) is 2. The minimum absolute atomic E-state index is 0.207. The van der Waals surface area contributed by atoms with Crippen molar-refractivity contribution in [3.63, 3.8) is 0 Å². The molecule has 2 aliphatic heterocycles. The molecular formula is C44H64N2O12S2. The number of rotatable bonds is 25. The summed E-state index contributed by atoms with van der Waals surface area (Å²) in [4.78, 5) is 13.7. The molecule has 0 aromatic heterocycles. The van der Waals surface area contributed by atoms with Gasteiger partial charge in [-0.3, -0.25) is 9.35 Å². The number of carbonyl (C=O) groups is 1. The highest BCUT2D eigenvalue weighted by atomic mass is 32.2. The number of ether oxygens (including phenoxy) is 5. The van der Waals surface area contributed by atoms with Crippen LogP contribution in [0.3, 0.4) is 0 Å². The molecule has 2 aromatic rings. The maximum atomic E-state index is 12.5. The normalized spacial score (nSPS) is 18.4. The molecule has 16 heteroatoms. The van der Waals surface area contributed by atoms with Crippen molar-refractivity contribution < 1.29 is 59.0 Å². The van der Waals surface area contributed by atoms with E-state index in [4.69, 9.17) is 23.7 Å². The van der Waals surface area contributed by atoms with Crippen molar-refractivity contribution in [3.05, 3.63) is 71.5 Å². The van der Waals surface area contributed by atoms with Gasteiger partial charge in [0.1, 0.15) is 10.1 Å². The number of esters is 1. The van der Waals surface area contributed by atoms with Gasteiger partial charge in [0, 0.05) is 80.3 Å². The second-order valence-corrected chi connectivity index (χ2v) is 18.3. The van der Waals surface area contributed by atoms with Gasteiger partial charge in [0.15, 0.2) is 24.8 Å². The molecular weight excluding hydrogens is 813 g/mol. The second-order valence-electron chi connectivity index (χ2n) is 15.5. The van der Waals surface area contributed by atoms with Crippen molar-refractivity contribution in [3.8, 4) is 0 Å². The maximum Gasteiger partial charge on any atom is 0.305 e. The topological polar surface area (TPSA) is 181 Å². The van der Waals surface area contributed by atoms with Gasteiger partial charge in [0.25, 0.3) is 10.1 Å². The zero-order valence-electron chi connectivity index (χ0n) is 36.4. The van der Waals surface area contributed by atoms with E-state index in [1.165, 1.54) is 18.2 Å². The van der Waals surface area contributed by atoms with Gasteiger partial charge in [-0.25, -0.2) is 8.42 Å². The van der Waals surface area contributed by atoms with E-state index in [0.29, 0.717) is 90.2 Å². The van der Waals surface area contributed by atoms with Crippen LogP contribution in [0.4, 0.5) is 11.4 Å². The van der Waals surface area contributed by atoms with Gasteiger partial charge in [0.05, 0.1) is 28.2 Å². The van der Waals surface area contributed by atoms with E-state index in [0.717, 1.165) is 34.8 Å². The number of carbonyl (C=O) groups excluding carboxylic acids is 1. The van der Waals surface area contributed by atoms with Gasteiger partial charge < -0.3 is 33.1 Å². The van der Waals surface area contributed by atoms with Crippen molar-refractivity contribution in [1.82, 2.24) is 0 Å². The predicted octanol–water partition coefficient (Wildman–Crippen LogP) is 7.52. The van der Waals surface area contributed by atoms with Gasteiger partial charge >= 0.3 is 5.97 Å². The zero-order valence-corrected chi connectivity index (χ0v) is 38.0. The summed E-state index contributed by atoms with van der Waals surface area (Å²) in [6.07, 6.45) is 8.98. The molecule has 0 bridgehead atoms. The van der Waals surface area contributed by atoms with Crippen LogP contribution < -0.4 is 4.90 Å². The molecule has 4 rings (SSSR count). The minimum atomic E-state index is -4.72. The Morgan fingerprint density at radius 1 is 0.817 bits per heavy atom. The van der Waals surface area contributed by atoms with Crippen LogP contribution in [0, 0.1) is 0 Å². The molecule has 0 amide bonds. The van der Waals surface area contributed by atoms with Gasteiger partial charge in [-0.2, -0.15) is 13.0 Å². The molecule has 2 heterocycles. The molecule has 14 nitrogen and oxygen atoms in total. The monoisotopic (exact) mass is 876 g/mol. The first-order chi connectivity index (χ1) is 28.4. The van der Waals surface area contributed by atoms with Crippen LogP contribution in [0.25, 0.3) is 0 Å². The van der Waals surface area contributed by atoms with E-state index in [2.05, 4.69) is 16.4 Å². The average molecular weight is 877 g/mol. The lowest BCUT2D eigenvalue weighted by atomic mass is 9.77. The fourth-order valence-corrected chi connectivity index (χ4v) is 9.28. The minimum Gasteiger partial charge on any atom is -0.744 e. The van der Waals surface area contributed by atoms with Crippen molar-refractivity contribution >= 4 is 43.3 Å². The van der Waals surface area contributed by atoms with E-state index in [9.17, 15) is 30.7 Å². The third-order valence-electron chi connectivity index (χ3n) is 11.1. The summed E-state index contributed by atoms with van der Waals surface area (Å²) in [5.41, 5.74) is 3.24. The summed E-state index contributed by atoms with van der Waals surface area (Å²) in [7, 11) is -9.24. The standard InChI is InChI=1S/C44H64N2O12S2/c1-9-54-40(47)20-15-14-16-27-44(8)35-31-33(60(51,52)53)22-24-37(35)46(29-26-42(57-12-4)58-13-5)39(44)19-17-18-38-43(6,7)34-30-32(59(48,49)50)21-23-36(34)45(38)28-25-41(55-10-2)56-11-3/h17-19,21-24,30-31,41-42H,9-16,20,25-29H2,1-8H3,(H-,48,49,50,51,52,53). The first kappa shape index (κ1) is 49.2. The third-order valence-corrected chi connectivity index (χ3v) is 12.8. The van der Waals surface area contributed by atoms with E-state index >= 15 is 0 Å². The highest BCUT2D eigenvalue weighted by Gasteiger charge is 2.46. The molecule has 2 aromatic carbocycles. The SMILES string of the molecule is CCOC(=O)CCCCCC1(C)C(=CC=CC2=[N+](CCC(OCC)OCC)c3ccc(S(=O)(=O)[O-])cc3C2(C)C)N(CCC(OCC)OCC)c2ccc(S(=O)(=O)O)cc21. The summed E-state index contributed by atoms with van der Waals surface area (Å²) < 4.78 is 102. The van der Waals surface area contributed by atoms with Gasteiger partial charge in [-0.15, -0.1) is 0 Å². The summed E-state index contributed by atoms with van der Waals surface area (Å²) in [5.74, 6) is -0.247. The van der Waals surface area contributed by atoms with Crippen molar-refractivity contribution in [2.24, 2.45) is 0 Å². The summed E-state index contributed by atoms with van der Waals surface area (Å²) in [5, 5.41) is 0. The third kappa shape index (κ3) is 11.9. The first-order valence-electron chi connectivity index (χ1n) is 21.0. The Hall–Kier alpha value is -3.48. The van der Waals surface area contributed by atoms with Gasteiger partial charge in [0.2, 0.25) is 5.69 Å². The van der Waals surface area contributed by atoms with E-state index < -0.39 is 43.6 Å². The molecule has 0 radical (unpaired) electrons. The molecule has 1 N–H and O–H groups in total. The second kappa shape index (κ2) is 21.5. The first-order valence-corrected chi connectivity index (χ1v) is 23.9. The number of hydrogen-bond donors (Lipinski definition) is 1. The average Bonchev–Trinajstić information content (AvgIpc) is 3.54. The van der Waals surface area contributed by atoms with Crippen LogP contribution in [-0.4, -0.2) is 101 Å². The lowest BCUT2D eigenvalue weighted by Crippen LogP contribution is -2.32. The number of fused-ring (bicyclic) bond motifs is 2. The fourth-order valence-electron chi connectivity index (χ4n) is 8.28. The Morgan fingerprint density at radius 2 is 1.42 bits per heavy atom. The van der Waals surface area contributed by atoms with Gasteiger partial charge in [-0.1, -0.05) is 18.9 Å². The van der Waals surface area contributed by atoms with Crippen molar-refractivity contribution in [2.75, 3.05) is 51.0 Å². The quantitative estimate of drug-likeness (QED) is 0.0340. The zero-order chi connectivity index (χ0) is 44.3. The molecule has 334 valence electrons. The Labute approximate surface area is 357 Å². The van der Waals surface area contributed by atoms with Crippen LogP contribution in [0.15, 0.2) is 70.1 Å². The number of allylic oxidation sites excluding steroid dienone is 4. The molecule has 60 heavy (non-hydrogen) atoms. The van der Waals surface area contributed by atoms with E-state index in [1.54, 1.807) is 25.1 Å². The molecule has 2 aliphatic rings. The predicted molar refractivity (Wildman–Crippen MR) is 228 cm³/mol. The van der Waals surface area contributed by atoms with E-state index in [1.807, 2.05) is 59.8 Å². The highest BCUT2D eigenvalue weighted by molar-refractivity contribution is 7.86. The van der Waals surface area contributed by atoms with Crippen LogP contribution in [0.2, 0.25) is 0 Å². The Morgan fingerprint density at radius 3 is 2.00 bits per heavy atom. The molecule has 0 saturated heterocycles. The van der Waals surface area contributed by atoms with Crippen LogP contribution >= 0.6 is 0 Å². The summed E-state index contributed by atoms with van der Waals surface area (Å²) >= 11 is 0. The highest BCUT2D eigenvalue weighted by Crippen LogP contribution is 2.52. The van der Waals surface area contributed by atoms with Crippen LogP contribution in [0.1, 0.15) is 111 Å². The molecule has 0 spiro atoms. The molecule has 1 atom stereocenters. The van der Waals surface area contributed by atoms with Crippen molar-refractivity contribution in [2.45, 2.75) is 134 Å².